The molecule has 1 fully saturated rings. The molecule has 0 amide bonds. The first-order valence-corrected chi connectivity index (χ1v) is 8.43. The number of ether oxygens (including phenoxy) is 1. The van der Waals surface area contributed by atoms with E-state index in [2.05, 4.69) is 44.8 Å². The zero-order valence-corrected chi connectivity index (χ0v) is 14.1. The van der Waals surface area contributed by atoms with Gasteiger partial charge >= 0.3 is 0 Å². The van der Waals surface area contributed by atoms with Crippen molar-refractivity contribution in [3.05, 3.63) is 10.6 Å². The molecule has 0 saturated carbocycles. The van der Waals surface area contributed by atoms with Crippen LogP contribution in [0.1, 0.15) is 51.1 Å². The van der Waals surface area contributed by atoms with Crippen molar-refractivity contribution in [2.24, 2.45) is 0 Å². The third-order valence-corrected chi connectivity index (χ3v) is 4.76. The highest BCUT2D eigenvalue weighted by Gasteiger charge is 2.27. The maximum Gasteiger partial charge on any atom is 0.186 e. The number of rotatable bonds is 5. The largest absolute Gasteiger partial charge is 0.375 e. The summed E-state index contributed by atoms with van der Waals surface area (Å²) in [6.45, 7) is 14.6. The number of nitrogens with one attached hydrogen (secondary N) is 1. The average Bonchev–Trinajstić information content (AvgIpc) is 2.83. The van der Waals surface area contributed by atoms with E-state index in [9.17, 15) is 0 Å². The zero-order valence-electron chi connectivity index (χ0n) is 13.3. The summed E-state index contributed by atoms with van der Waals surface area (Å²) in [4.78, 5) is 8.70. The predicted molar refractivity (Wildman–Crippen MR) is 85.8 cm³/mol. The third kappa shape index (κ3) is 3.51. The molecule has 1 aromatic rings. The summed E-state index contributed by atoms with van der Waals surface area (Å²) in [6.07, 6.45) is 0.287. The van der Waals surface area contributed by atoms with E-state index in [0.717, 1.165) is 31.4 Å². The Morgan fingerprint density at radius 1 is 1.45 bits per heavy atom. The Balaban J connectivity index is 2.22. The Labute approximate surface area is 126 Å². The number of aromatic nitrogens is 1. The fraction of sp³-hybridized carbons (Fsp3) is 0.800. The van der Waals surface area contributed by atoms with Crippen LogP contribution in [0.5, 0.6) is 0 Å². The predicted octanol–water partition coefficient (Wildman–Crippen LogP) is 2.99. The molecule has 1 N–H and O–H groups in total. The van der Waals surface area contributed by atoms with Gasteiger partial charge in [0.2, 0.25) is 0 Å². The molecule has 1 aromatic heterocycles. The molecule has 0 aromatic carbocycles. The topological polar surface area (TPSA) is 37.4 Å². The molecule has 0 radical (unpaired) electrons. The number of hydrogen-bond acceptors (Lipinski definition) is 5. The Kier molecular flexibility index (Phi) is 5.41. The van der Waals surface area contributed by atoms with Crippen molar-refractivity contribution in [2.75, 3.05) is 24.6 Å². The highest BCUT2D eigenvalue weighted by atomic mass is 32.1. The zero-order chi connectivity index (χ0) is 14.7. The lowest BCUT2D eigenvalue weighted by molar-refractivity contribution is 0.0343. The number of thiazole rings is 1. The number of morpholine rings is 1. The highest BCUT2D eigenvalue weighted by Crippen LogP contribution is 2.33. The minimum absolute atomic E-state index is 0.287. The lowest BCUT2D eigenvalue weighted by atomic mass is 10.1. The second-order valence-electron chi connectivity index (χ2n) is 5.89. The SMILES string of the molecule is CCNCc1sc(N2CC(C)OCC2C)nc1C(C)C. The molecule has 2 atom stereocenters. The van der Waals surface area contributed by atoms with Gasteiger partial charge in [-0.05, 0) is 26.3 Å². The Hall–Kier alpha value is -0.650. The van der Waals surface area contributed by atoms with E-state index in [1.54, 1.807) is 0 Å². The first-order valence-electron chi connectivity index (χ1n) is 7.61. The minimum atomic E-state index is 0.287. The summed E-state index contributed by atoms with van der Waals surface area (Å²) < 4.78 is 5.71. The van der Waals surface area contributed by atoms with Gasteiger partial charge in [-0.15, -0.1) is 11.3 Å². The number of anilines is 1. The molecular formula is C15H27N3OS. The van der Waals surface area contributed by atoms with Crippen molar-refractivity contribution in [3.8, 4) is 0 Å². The molecule has 2 rings (SSSR count). The van der Waals surface area contributed by atoms with Crippen LogP contribution in [-0.4, -0.2) is 36.8 Å². The molecule has 20 heavy (non-hydrogen) atoms. The maximum atomic E-state index is 5.71. The van der Waals surface area contributed by atoms with Crippen LogP contribution in [0.3, 0.4) is 0 Å². The standard InChI is InChI=1S/C15H27N3OS/c1-6-16-7-13-14(10(2)3)17-15(20-13)18-8-12(5)19-9-11(18)4/h10-12,16H,6-9H2,1-5H3. The van der Waals surface area contributed by atoms with Crippen LogP contribution in [0.15, 0.2) is 0 Å². The van der Waals surface area contributed by atoms with Crippen LogP contribution >= 0.6 is 11.3 Å². The van der Waals surface area contributed by atoms with Crippen molar-refractivity contribution < 1.29 is 4.74 Å². The van der Waals surface area contributed by atoms with Crippen molar-refractivity contribution >= 4 is 16.5 Å². The molecule has 1 aliphatic heterocycles. The van der Waals surface area contributed by atoms with Crippen molar-refractivity contribution in [2.45, 2.75) is 59.2 Å². The third-order valence-electron chi connectivity index (χ3n) is 3.65. The van der Waals surface area contributed by atoms with Crippen LogP contribution < -0.4 is 10.2 Å². The molecule has 5 heteroatoms. The molecule has 0 spiro atoms. The second-order valence-corrected chi connectivity index (χ2v) is 6.95. The van der Waals surface area contributed by atoms with Gasteiger partial charge in [-0.25, -0.2) is 4.98 Å². The van der Waals surface area contributed by atoms with E-state index in [-0.39, 0.29) is 6.10 Å². The van der Waals surface area contributed by atoms with E-state index in [0.29, 0.717) is 12.0 Å². The van der Waals surface area contributed by atoms with Gasteiger partial charge in [0.05, 0.1) is 24.4 Å². The van der Waals surface area contributed by atoms with Gasteiger partial charge in [-0.3, -0.25) is 0 Å². The summed E-state index contributed by atoms with van der Waals surface area (Å²) in [7, 11) is 0. The fourth-order valence-electron chi connectivity index (χ4n) is 2.46. The number of hydrogen-bond donors (Lipinski definition) is 1. The molecular weight excluding hydrogens is 270 g/mol. The van der Waals surface area contributed by atoms with Crippen molar-refractivity contribution in [3.63, 3.8) is 0 Å². The molecule has 0 bridgehead atoms. The van der Waals surface area contributed by atoms with E-state index >= 15 is 0 Å². The quantitative estimate of drug-likeness (QED) is 0.906. The summed E-state index contributed by atoms with van der Waals surface area (Å²) in [5, 5.41) is 4.58. The maximum absolute atomic E-state index is 5.71. The summed E-state index contributed by atoms with van der Waals surface area (Å²) in [5.74, 6) is 0.474. The normalized spacial score (nSPS) is 23.6. The highest BCUT2D eigenvalue weighted by molar-refractivity contribution is 7.15. The monoisotopic (exact) mass is 297 g/mol. The van der Waals surface area contributed by atoms with Crippen molar-refractivity contribution in [1.82, 2.24) is 10.3 Å². The second kappa shape index (κ2) is 6.87. The summed E-state index contributed by atoms with van der Waals surface area (Å²) in [5.41, 5.74) is 1.25. The van der Waals surface area contributed by atoms with Gasteiger partial charge in [-0.1, -0.05) is 20.8 Å². The Morgan fingerprint density at radius 3 is 2.85 bits per heavy atom. The van der Waals surface area contributed by atoms with Crippen LogP contribution in [0.2, 0.25) is 0 Å². The molecule has 4 nitrogen and oxygen atoms in total. The van der Waals surface area contributed by atoms with Gasteiger partial charge in [-0.2, -0.15) is 0 Å². The van der Waals surface area contributed by atoms with Gasteiger partial charge in [0.1, 0.15) is 0 Å². The lowest BCUT2D eigenvalue weighted by Gasteiger charge is -2.36. The minimum Gasteiger partial charge on any atom is -0.375 e. The van der Waals surface area contributed by atoms with Gasteiger partial charge in [0, 0.05) is 18.0 Å². The van der Waals surface area contributed by atoms with Crippen LogP contribution in [-0.2, 0) is 11.3 Å². The van der Waals surface area contributed by atoms with Gasteiger partial charge in [0.25, 0.3) is 0 Å². The molecule has 114 valence electrons. The van der Waals surface area contributed by atoms with Crippen LogP contribution in [0.4, 0.5) is 5.13 Å². The summed E-state index contributed by atoms with van der Waals surface area (Å²) in [6, 6.07) is 0.407. The smallest absolute Gasteiger partial charge is 0.186 e. The van der Waals surface area contributed by atoms with Crippen molar-refractivity contribution in [1.29, 1.82) is 0 Å². The van der Waals surface area contributed by atoms with Gasteiger partial charge < -0.3 is 15.0 Å². The van der Waals surface area contributed by atoms with E-state index < -0.39 is 0 Å². The number of nitrogens with zero attached hydrogens (tertiary/aromatic N) is 2. The first kappa shape index (κ1) is 15.7. The molecule has 1 aliphatic rings. The Bertz CT molecular complexity index is 433. The molecule has 0 aliphatic carbocycles. The molecule has 1 saturated heterocycles. The fourth-order valence-corrected chi connectivity index (χ4v) is 3.76. The van der Waals surface area contributed by atoms with Crippen LogP contribution in [0, 0.1) is 0 Å². The lowest BCUT2D eigenvalue weighted by Crippen LogP contribution is -2.47. The van der Waals surface area contributed by atoms with Crippen LogP contribution in [0.25, 0.3) is 0 Å². The Morgan fingerprint density at radius 2 is 2.20 bits per heavy atom. The molecule has 2 heterocycles. The van der Waals surface area contributed by atoms with Gasteiger partial charge in [0.15, 0.2) is 5.13 Å². The first-order chi connectivity index (χ1) is 9.52. The molecule has 2 unspecified atom stereocenters. The van der Waals surface area contributed by atoms with E-state index in [1.807, 2.05) is 11.3 Å². The average molecular weight is 297 g/mol. The van der Waals surface area contributed by atoms with E-state index in [4.69, 9.17) is 9.72 Å². The van der Waals surface area contributed by atoms with E-state index in [1.165, 1.54) is 10.6 Å². The summed E-state index contributed by atoms with van der Waals surface area (Å²) >= 11 is 1.84.